The minimum absolute atomic E-state index is 0.119. The van der Waals surface area contributed by atoms with Crippen molar-refractivity contribution in [1.82, 2.24) is 4.98 Å². The zero-order valence-electron chi connectivity index (χ0n) is 16.6. The first-order valence-corrected chi connectivity index (χ1v) is 12.2. The number of amides is 2. The molecule has 0 spiro atoms. The first kappa shape index (κ1) is 21.3. The standard InChI is InChI=1S/C23H19N3O2S3/c1-15-5-2-6-16(11-15)22(28)24-17-7-3-8-18(12-17)30-14-21(27)26-23-25-19(13-31-23)20-9-4-10-29-20/h2-13H,14H2,1H3,(H,24,28)(H,25,26,27). The van der Waals surface area contributed by atoms with Crippen LogP contribution in [0.5, 0.6) is 0 Å². The van der Waals surface area contributed by atoms with Gasteiger partial charge in [0.2, 0.25) is 5.91 Å². The molecule has 0 aliphatic heterocycles. The number of thioether (sulfide) groups is 1. The number of carbonyl (C=O) groups is 2. The maximum Gasteiger partial charge on any atom is 0.255 e. The van der Waals surface area contributed by atoms with Crippen LogP contribution in [0, 0.1) is 6.92 Å². The summed E-state index contributed by atoms with van der Waals surface area (Å²) >= 11 is 4.44. The molecule has 0 unspecified atom stereocenters. The third-order valence-electron chi connectivity index (χ3n) is 4.27. The summed E-state index contributed by atoms with van der Waals surface area (Å²) < 4.78 is 0. The molecule has 31 heavy (non-hydrogen) atoms. The Bertz CT molecular complexity index is 1200. The zero-order chi connectivity index (χ0) is 21.6. The van der Waals surface area contributed by atoms with E-state index in [0.717, 1.165) is 21.0 Å². The number of anilines is 2. The van der Waals surface area contributed by atoms with E-state index in [0.29, 0.717) is 16.4 Å². The summed E-state index contributed by atoms with van der Waals surface area (Å²) in [5.74, 6) is -0.0244. The molecule has 0 radical (unpaired) electrons. The number of benzene rings is 2. The molecule has 0 aliphatic carbocycles. The number of aryl methyl sites for hydroxylation is 1. The summed E-state index contributed by atoms with van der Waals surface area (Å²) in [6.45, 7) is 1.95. The normalized spacial score (nSPS) is 10.6. The summed E-state index contributed by atoms with van der Waals surface area (Å²) in [5, 5.41) is 10.3. The van der Waals surface area contributed by atoms with Gasteiger partial charge in [-0.25, -0.2) is 4.98 Å². The number of nitrogens with one attached hydrogen (secondary N) is 2. The van der Waals surface area contributed by atoms with Gasteiger partial charge in [-0.2, -0.15) is 0 Å². The Kier molecular flexibility index (Phi) is 6.81. The van der Waals surface area contributed by atoms with Gasteiger partial charge in [0.1, 0.15) is 0 Å². The molecule has 0 atom stereocenters. The molecule has 2 aromatic heterocycles. The number of aromatic nitrogens is 1. The molecule has 0 saturated carbocycles. The van der Waals surface area contributed by atoms with Crippen molar-refractivity contribution in [2.75, 3.05) is 16.4 Å². The first-order chi connectivity index (χ1) is 15.1. The summed E-state index contributed by atoms with van der Waals surface area (Å²) in [6, 6.07) is 18.9. The Morgan fingerprint density at radius 3 is 2.68 bits per heavy atom. The van der Waals surface area contributed by atoms with E-state index >= 15 is 0 Å². The van der Waals surface area contributed by atoms with Gasteiger partial charge in [-0.3, -0.25) is 9.59 Å². The van der Waals surface area contributed by atoms with Gasteiger partial charge < -0.3 is 10.6 Å². The van der Waals surface area contributed by atoms with Gasteiger partial charge in [0.25, 0.3) is 5.91 Å². The highest BCUT2D eigenvalue weighted by molar-refractivity contribution is 8.00. The predicted octanol–water partition coefficient (Wildman–Crippen LogP) is 6.16. The van der Waals surface area contributed by atoms with Gasteiger partial charge in [0, 0.05) is 21.5 Å². The highest BCUT2D eigenvalue weighted by atomic mass is 32.2. The first-order valence-electron chi connectivity index (χ1n) is 9.47. The molecule has 5 nitrogen and oxygen atoms in total. The fourth-order valence-electron chi connectivity index (χ4n) is 2.83. The Hall–Kier alpha value is -2.94. The lowest BCUT2D eigenvalue weighted by molar-refractivity contribution is -0.113. The van der Waals surface area contributed by atoms with Crippen LogP contribution in [0.1, 0.15) is 15.9 Å². The molecule has 156 valence electrons. The molecular formula is C23H19N3O2S3. The Morgan fingerprint density at radius 1 is 1.00 bits per heavy atom. The van der Waals surface area contributed by atoms with Crippen LogP contribution in [0.4, 0.5) is 10.8 Å². The summed E-state index contributed by atoms with van der Waals surface area (Å²) in [6.07, 6.45) is 0. The number of hydrogen-bond donors (Lipinski definition) is 2. The van der Waals surface area contributed by atoms with Crippen molar-refractivity contribution in [2.45, 2.75) is 11.8 Å². The zero-order valence-corrected chi connectivity index (χ0v) is 19.1. The quantitative estimate of drug-likeness (QED) is 0.321. The summed E-state index contributed by atoms with van der Waals surface area (Å²) in [5.41, 5.74) is 3.21. The van der Waals surface area contributed by atoms with Crippen LogP contribution in [-0.2, 0) is 4.79 Å². The maximum atomic E-state index is 12.4. The van der Waals surface area contributed by atoms with E-state index in [2.05, 4.69) is 15.6 Å². The van der Waals surface area contributed by atoms with Crippen molar-refractivity contribution in [3.05, 3.63) is 82.6 Å². The van der Waals surface area contributed by atoms with Crippen molar-refractivity contribution in [3.8, 4) is 10.6 Å². The molecule has 4 aromatic rings. The van der Waals surface area contributed by atoms with Gasteiger partial charge in [0.15, 0.2) is 5.13 Å². The van der Waals surface area contributed by atoms with Crippen LogP contribution in [0.3, 0.4) is 0 Å². The SMILES string of the molecule is Cc1cccc(C(=O)Nc2cccc(SCC(=O)Nc3nc(-c4cccs4)cs3)c2)c1. The highest BCUT2D eigenvalue weighted by Crippen LogP contribution is 2.28. The molecule has 0 aliphatic rings. The molecule has 0 bridgehead atoms. The van der Waals surface area contributed by atoms with E-state index in [-0.39, 0.29) is 17.6 Å². The summed E-state index contributed by atoms with van der Waals surface area (Å²) in [4.78, 5) is 31.2. The minimum Gasteiger partial charge on any atom is -0.322 e. The molecule has 2 aromatic carbocycles. The average Bonchev–Trinajstić information content (AvgIpc) is 3.44. The van der Waals surface area contributed by atoms with Crippen LogP contribution in [-0.4, -0.2) is 22.6 Å². The smallest absolute Gasteiger partial charge is 0.255 e. The molecule has 4 rings (SSSR count). The lowest BCUT2D eigenvalue weighted by Crippen LogP contribution is -2.14. The monoisotopic (exact) mass is 465 g/mol. The van der Waals surface area contributed by atoms with Crippen LogP contribution in [0.15, 0.2) is 76.3 Å². The van der Waals surface area contributed by atoms with Gasteiger partial charge in [-0.05, 0) is 48.7 Å². The Morgan fingerprint density at radius 2 is 1.87 bits per heavy atom. The third-order valence-corrected chi connectivity index (χ3v) is 6.91. The second kappa shape index (κ2) is 9.91. The van der Waals surface area contributed by atoms with Gasteiger partial charge in [-0.15, -0.1) is 34.4 Å². The van der Waals surface area contributed by atoms with Crippen molar-refractivity contribution < 1.29 is 9.59 Å². The van der Waals surface area contributed by atoms with Crippen LogP contribution < -0.4 is 10.6 Å². The van der Waals surface area contributed by atoms with Crippen molar-refractivity contribution in [3.63, 3.8) is 0 Å². The molecule has 0 saturated heterocycles. The van der Waals surface area contributed by atoms with Gasteiger partial charge in [0.05, 0.1) is 16.3 Å². The number of rotatable bonds is 7. The van der Waals surface area contributed by atoms with E-state index in [4.69, 9.17) is 0 Å². The van der Waals surface area contributed by atoms with Crippen LogP contribution in [0.25, 0.3) is 10.6 Å². The van der Waals surface area contributed by atoms with Crippen LogP contribution >= 0.6 is 34.4 Å². The van der Waals surface area contributed by atoms with Gasteiger partial charge >= 0.3 is 0 Å². The molecule has 2 amide bonds. The highest BCUT2D eigenvalue weighted by Gasteiger charge is 2.10. The van der Waals surface area contributed by atoms with E-state index < -0.39 is 0 Å². The number of nitrogens with zero attached hydrogens (tertiary/aromatic N) is 1. The lowest BCUT2D eigenvalue weighted by atomic mass is 10.1. The maximum absolute atomic E-state index is 12.4. The second-order valence-electron chi connectivity index (χ2n) is 6.70. The van der Waals surface area contributed by atoms with E-state index in [9.17, 15) is 9.59 Å². The molecule has 0 fully saturated rings. The van der Waals surface area contributed by atoms with Gasteiger partial charge in [-0.1, -0.05) is 29.8 Å². The Balaban J connectivity index is 1.31. The summed E-state index contributed by atoms with van der Waals surface area (Å²) in [7, 11) is 0. The molecule has 8 heteroatoms. The third kappa shape index (κ3) is 5.81. The number of thiazole rings is 1. The second-order valence-corrected chi connectivity index (χ2v) is 9.56. The van der Waals surface area contributed by atoms with Crippen molar-refractivity contribution in [2.24, 2.45) is 0 Å². The number of carbonyl (C=O) groups excluding carboxylic acids is 2. The molecule has 2 heterocycles. The number of thiophene rings is 1. The fourth-order valence-corrected chi connectivity index (χ4v) is 5.07. The minimum atomic E-state index is -0.158. The number of hydrogen-bond acceptors (Lipinski definition) is 6. The van der Waals surface area contributed by atoms with Crippen LogP contribution in [0.2, 0.25) is 0 Å². The molecule has 2 N–H and O–H groups in total. The average molecular weight is 466 g/mol. The molecular weight excluding hydrogens is 446 g/mol. The van der Waals surface area contributed by atoms with E-state index in [1.165, 1.54) is 23.1 Å². The largest absolute Gasteiger partial charge is 0.322 e. The Labute approximate surface area is 192 Å². The topological polar surface area (TPSA) is 71.1 Å². The predicted molar refractivity (Wildman–Crippen MR) is 130 cm³/mol. The van der Waals surface area contributed by atoms with Crippen molar-refractivity contribution >= 4 is 57.1 Å². The lowest BCUT2D eigenvalue weighted by Gasteiger charge is -2.08. The fraction of sp³-hybridized carbons (Fsp3) is 0.0870. The van der Waals surface area contributed by atoms with E-state index in [1.54, 1.807) is 17.4 Å². The van der Waals surface area contributed by atoms with Crippen molar-refractivity contribution in [1.29, 1.82) is 0 Å². The van der Waals surface area contributed by atoms with E-state index in [1.807, 2.05) is 72.3 Å².